The van der Waals surface area contributed by atoms with Crippen molar-refractivity contribution in [1.82, 2.24) is 5.32 Å². The van der Waals surface area contributed by atoms with Gasteiger partial charge >= 0.3 is 0 Å². The molecule has 1 heterocycles. The third-order valence-corrected chi connectivity index (χ3v) is 4.24. The fourth-order valence-electron chi connectivity index (χ4n) is 2.43. The fourth-order valence-corrected chi connectivity index (χ4v) is 2.84. The van der Waals surface area contributed by atoms with E-state index in [0.717, 1.165) is 0 Å². The molecule has 2 aromatic rings. The summed E-state index contributed by atoms with van der Waals surface area (Å²) in [6, 6.07) is 11.0. The van der Waals surface area contributed by atoms with E-state index in [9.17, 15) is 14.7 Å². The summed E-state index contributed by atoms with van der Waals surface area (Å²) in [5.74, 6) is -0.975. The predicted octanol–water partition coefficient (Wildman–Crippen LogP) is 2.89. The van der Waals surface area contributed by atoms with Crippen molar-refractivity contribution >= 4 is 52.5 Å². The Kier molecular flexibility index (Phi) is 4.92. The van der Waals surface area contributed by atoms with Gasteiger partial charge in [0.2, 0.25) is 0 Å². The van der Waals surface area contributed by atoms with E-state index in [0.29, 0.717) is 16.3 Å². The van der Waals surface area contributed by atoms with E-state index < -0.39 is 11.8 Å². The molecule has 3 rings (SSSR count). The second kappa shape index (κ2) is 7.15. The number of methoxy groups -OCH3 is 1. The number of hydrogen-bond acceptors (Lipinski definition) is 5. The van der Waals surface area contributed by atoms with Crippen molar-refractivity contribution in [3.63, 3.8) is 0 Å². The number of rotatable bonds is 3. The number of anilines is 1. The van der Waals surface area contributed by atoms with Gasteiger partial charge in [0.15, 0.2) is 16.6 Å². The number of phenolic OH excluding ortho intramolecular Hbond substituents is 1. The molecule has 0 unspecified atom stereocenters. The summed E-state index contributed by atoms with van der Waals surface area (Å²) in [7, 11) is 1.41. The highest BCUT2D eigenvalue weighted by molar-refractivity contribution is 7.80. The van der Waals surface area contributed by atoms with Crippen molar-refractivity contribution in [3.8, 4) is 11.5 Å². The van der Waals surface area contributed by atoms with Crippen LogP contribution < -0.4 is 15.0 Å². The van der Waals surface area contributed by atoms with Crippen LogP contribution in [0.2, 0.25) is 5.02 Å². The second-order valence-corrected chi connectivity index (χ2v) is 6.19. The van der Waals surface area contributed by atoms with Crippen LogP contribution in [0.3, 0.4) is 0 Å². The van der Waals surface area contributed by atoms with Gasteiger partial charge in [-0.05, 0) is 60.3 Å². The number of carbonyl (C=O) groups is 2. The number of phenols is 1. The molecule has 26 heavy (non-hydrogen) atoms. The summed E-state index contributed by atoms with van der Waals surface area (Å²) < 4.78 is 5.04. The van der Waals surface area contributed by atoms with E-state index in [-0.39, 0.29) is 22.2 Å². The zero-order chi connectivity index (χ0) is 18.8. The van der Waals surface area contributed by atoms with E-state index in [2.05, 4.69) is 5.32 Å². The molecule has 0 radical (unpaired) electrons. The second-order valence-electron chi connectivity index (χ2n) is 5.37. The van der Waals surface area contributed by atoms with Crippen LogP contribution in [0, 0.1) is 0 Å². The van der Waals surface area contributed by atoms with Crippen LogP contribution in [-0.4, -0.2) is 29.1 Å². The first-order chi connectivity index (χ1) is 12.4. The molecule has 0 aromatic heterocycles. The number of halogens is 1. The number of amides is 2. The third kappa shape index (κ3) is 3.40. The number of hydrogen-bond donors (Lipinski definition) is 2. The van der Waals surface area contributed by atoms with Crippen molar-refractivity contribution in [2.75, 3.05) is 12.0 Å². The first-order valence-corrected chi connectivity index (χ1v) is 8.23. The molecule has 8 heteroatoms. The van der Waals surface area contributed by atoms with Crippen molar-refractivity contribution in [3.05, 3.63) is 58.6 Å². The average molecular weight is 389 g/mol. The summed E-state index contributed by atoms with van der Waals surface area (Å²) in [6.07, 6.45) is 1.41. The summed E-state index contributed by atoms with van der Waals surface area (Å²) >= 11 is 11.0. The van der Waals surface area contributed by atoms with E-state index >= 15 is 0 Å². The summed E-state index contributed by atoms with van der Waals surface area (Å²) in [5.41, 5.74) is 0.905. The minimum atomic E-state index is -0.600. The Labute approximate surface area is 159 Å². The maximum atomic E-state index is 12.9. The highest BCUT2D eigenvalue weighted by atomic mass is 35.5. The monoisotopic (exact) mass is 388 g/mol. The fraction of sp³-hybridized carbons (Fsp3) is 0.0556. The molecule has 6 nitrogen and oxygen atoms in total. The highest BCUT2D eigenvalue weighted by Gasteiger charge is 2.34. The Morgan fingerprint density at radius 1 is 1.19 bits per heavy atom. The number of nitrogens with one attached hydrogen (secondary N) is 1. The minimum Gasteiger partial charge on any atom is -0.504 e. The molecule has 1 aliphatic rings. The third-order valence-electron chi connectivity index (χ3n) is 3.70. The van der Waals surface area contributed by atoms with Gasteiger partial charge in [-0.15, -0.1) is 0 Å². The van der Waals surface area contributed by atoms with E-state index in [1.54, 1.807) is 30.3 Å². The quantitative estimate of drug-likeness (QED) is 0.480. The smallest absolute Gasteiger partial charge is 0.270 e. The normalized spacial score (nSPS) is 16.0. The van der Waals surface area contributed by atoms with Gasteiger partial charge in [0.25, 0.3) is 11.8 Å². The predicted molar refractivity (Wildman–Crippen MR) is 102 cm³/mol. The molecular formula is C18H13ClN2O4S. The first kappa shape index (κ1) is 17.9. The molecule has 0 spiro atoms. The van der Waals surface area contributed by atoms with Gasteiger partial charge < -0.3 is 9.84 Å². The molecular weight excluding hydrogens is 376 g/mol. The van der Waals surface area contributed by atoms with Gasteiger partial charge in [-0.1, -0.05) is 17.7 Å². The molecule has 0 bridgehead atoms. The molecule has 0 aliphatic carbocycles. The summed E-state index contributed by atoms with van der Waals surface area (Å²) in [5, 5.41) is 12.7. The number of carbonyl (C=O) groups excluding carboxylic acids is 2. The highest BCUT2D eigenvalue weighted by Crippen LogP contribution is 2.28. The lowest BCUT2D eigenvalue weighted by Crippen LogP contribution is -2.54. The Balaban J connectivity index is 2.01. The van der Waals surface area contributed by atoms with Crippen LogP contribution in [0.5, 0.6) is 11.5 Å². The molecule has 1 fully saturated rings. The zero-order valence-corrected chi connectivity index (χ0v) is 15.1. The maximum Gasteiger partial charge on any atom is 0.270 e. The lowest BCUT2D eigenvalue weighted by Gasteiger charge is -2.29. The van der Waals surface area contributed by atoms with Gasteiger partial charge in [0.1, 0.15) is 5.57 Å². The number of benzene rings is 2. The van der Waals surface area contributed by atoms with Crippen molar-refractivity contribution < 1.29 is 19.4 Å². The van der Waals surface area contributed by atoms with Crippen LogP contribution in [0.4, 0.5) is 5.69 Å². The van der Waals surface area contributed by atoms with Crippen molar-refractivity contribution in [2.45, 2.75) is 0 Å². The molecule has 1 aliphatic heterocycles. The summed E-state index contributed by atoms with van der Waals surface area (Å²) in [6.45, 7) is 0. The molecule has 1 saturated heterocycles. The van der Waals surface area contributed by atoms with Crippen molar-refractivity contribution in [2.24, 2.45) is 0 Å². The average Bonchev–Trinajstić information content (AvgIpc) is 2.61. The molecule has 0 atom stereocenters. The Hall–Kier alpha value is -2.90. The van der Waals surface area contributed by atoms with E-state index in [1.807, 2.05) is 0 Å². The van der Waals surface area contributed by atoms with Gasteiger partial charge in [-0.25, -0.2) is 0 Å². The van der Waals surface area contributed by atoms with Crippen LogP contribution in [0.25, 0.3) is 6.08 Å². The van der Waals surface area contributed by atoms with Gasteiger partial charge in [-0.2, -0.15) is 0 Å². The standard InChI is InChI=1S/C18H13ClN2O4S/c1-25-15-9-10(2-7-14(15)22)8-13-16(23)20-18(26)21(17(13)24)12-5-3-11(19)4-6-12/h2-9,22H,1H3,(H,20,23,26)/b13-8-. The van der Waals surface area contributed by atoms with Gasteiger partial charge in [-0.3, -0.25) is 19.8 Å². The molecule has 2 aromatic carbocycles. The molecule has 2 amide bonds. The molecule has 132 valence electrons. The summed E-state index contributed by atoms with van der Waals surface area (Å²) in [4.78, 5) is 26.3. The Morgan fingerprint density at radius 3 is 2.54 bits per heavy atom. The number of ether oxygens (including phenoxy) is 1. The maximum absolute atomic E-state index is 12.9. The topological polar surface area (TPSA) is 78.9 Å². The van der Waals surface area contributed by atoms with Crippen LogP contribution >= 0.6 is 23.8 Å². The largest absolute Gasteiger partial charge is 0.504 e. The number of nitrogens with zero attached hydrogens (tertiary/aromatic N) is 1. The van der Waals surface area contributed by atoms with Gasteiger partial charge in [0, 0.05) is 5.02 Å². The number of thiocarbonyl (C=S) groups is 1. The zero-order valence-electron chi connectivity index (χ0n) is 13.5. The van der Waals surface area contributed by atoms with Gasteiger partial charge in [0.05, 0.1) is 12.8 Å². The van der Waals surface area contributed by atoms with E-state index in [1.165, 1.54) is 30.2 Å². The Morgan fingerprint density at radius 2 is 1.88 bits per heavy atom. The van der Waals surface area contributed by atoms with Crippen LogP contribution in [0.15, 0.2) is 48.0 Å². The number of aromatic hydroxyl groups is 1. The molecule has 0 saturated carbocycles. The Bertz CT molecular complexity index is 941. The van der Waals surface area contributed by atoms with E-state index in [4.69, 9.17) is 28.6 Å². The van der Waals surface area contributed by atoms with Crippen molar-refractivity contribution in [1.29, 1.82) is 0 Å². The first-order valence-electron chi connectivity index (χ1n) is 7.44. The molecule has 2 N–H and O–H groups in total. The van der Waals surface area contributed by atoms with Crippen LogP contribution in [-0.2, 0) is 9.59 Å². The lowest BCUT2D eigenvalue weighted by atomic mass is 10.1. The van der Waals surface area contributed by atoms with Crippen LogP contribution in [0.1, 0.15) is 5.56 Å². The minimum absolute atomic E-state index is 0.0113. The lowest BCUT2D eigenvalue weighted by molar-refractivity contribution is -0.122. The SMILES string of the molecule is COc1cc(/C=C2/C(=O)NC(=S)N(c3ccc(Cl)cc3)C2=O)ccc1O.